The highest BCUT2D eigenvalue weighted by Gasteiger charge is 2.11. The molecule has 0 unspecified atom stereocenters. The van der Waals surface area contributed by atoms with Gasteiger partial charge in [0.25, 0.3) is 0 Å². The van der Waals surface area contributed by atoms with Crippen molar-refractivity contribution in [1.29, 1.82) is 0 Å². The molecule has 1 heterocycles. The van der Waals surface area contributed by atoms with Crippen LogP contribution in [0.15, 0.2) is 55.1 Å². The zero-order valence-corrected chi connectivity index (χ0v) is 12.7. The van der Waals surface area contributed by atoms with Gasteiger partial charge in [-0.05, 0) is 35.9 Å². The Balaban J connectivity index is 1.80. The second-order valence-electron chi connectivity index (χ2n) is 4.85. The lowest BCUT2D eigenvalue weighted by Crippen LogP contribution is -2.16. The Bertz CT molecular complexity index is 819. The van der Waals surface area contributed by atoms with Crippen LogP contribution in [0.3, 0.4) is 0 Å². The summed E-state index contributed by atoms with van der Waals surface area (Å²) in [5, 5.41) is 7.34. The van der Waals surface area contributed by atoms with E-state index in [2.05, 4.69) is 15.4 Å². The highest BCUT2D eigenvalue weighted by atomic mass is 35.5. The molecule has 3 rings (SSSR count). The van der Waals surface area contributed by atoms with Crippen molar-refractivity contribution >= 4 is 23.2 Å². The molecular formula is C16H12ClFN4O. The Morgan fingerprint density at radius 3 is 2.70 bits per heavy atom. The zero-order chi connectivity index (χ0) is 16.2. The average Bonchev–Trinajstić information content (AvgIpc) is 3.04. The van der Waals surface area contributed by atoms with Gasteiger partial charge in [-0.15, -0.1) is 0 Å². The van der Waals surface area contributed by atoms with Crippen LogP contribution in [0.5, 0.6) is 0 Å². The van der Waals surface area contributed by atoms with E-state index in [1.165, 1.54) is 29.5 Å². The van der Waals surface area contributed by atoms with Crippen molar-refractivity contribution < 1.29 is 9.18 Å². The lowest BCUT2D eigenvalue weighted by atomic mass is 10.1. The third kappa shape index (κ3) is 3.73. The minimum atomic E-state index is -0.336. The van der Waals surface area contributed by atoms with E-state index in [1.807, 2.05) is 0 Å². The summed E-state index contributed by atoms with van der Waals surface area (Å²) in [6, 6.07) is 10.9. The molecule has 0 saturated carbocycles. The van der Waals surface area contributed by atoms with E-state index in [-0.39, 0.29) is 18.1 Å². The first-order valence-electron chi connectivity index (χ1n) is 6.80. The van der Waals surface area contributed by atoms with Crippen LogP contribution in [0.2, 0.25) is 5.02 Å². The number of amides is 1. The third-order valence-corrected chi connectivity index (χ3v) is 3.41. The molecule has 0 radical (unpaired) electrons. The Kier molecular flexibility index (Phi) is 4.34. The molecule has 7 heteroatoms. The Morgan fingerprint density at radius 1 is 1.22 bits per heavy atom. The normalized spacial score (nSPS) is 10.5. The van der Waals surface area contributed by atoms with Gasteiger partial charge < -0.3 is 5.32 Å². The summed E-state index contributed by atoms with van der Waals surface area (Å²) in [6.07, 6.45) is 3.06. The third-order valence-electron chi connectivity index (χ3n) is 3.18. The molecule has 23 heavy (non-hydrogen) atoms. The summed E-state index contributed by atoms with van der Waals surface area (Å²) >= 11 is 6.00. The number of nitrogens with zero attached hydrogens (tertiary/aromatic N) is 3. The topological polar surface area (TPSA) is 59.8 Å². The van der Waals surface area contributed by atoms with Crippen LogP contribution in [0.1, 0.15) is 5.56 Å². The van der Waals surface area contributed by atoms with E-state index in [0.29, 0.717) is 22.0 Å². The first kappa shape index (κ1) is 15.2. The fraction of sp³-hybridized carbons (Fsp3) is 0.0625. The van der Waals surface area contributed by atoms with Crippen LogP contribution in [0.4, 0.5) is 10.1 Å². The average molecular weight is 331 g/mol. The number of anilines is 1. The first-order chi connectivity index (χ1) is 11.1. The molecule has 0 bridgehead atoms. The fourth-order valence-corrected chi connectivity index (χ4v) is 2.29. The zero-order valence-electron chi connectivity index (χ0n) is 11.9. The van der Waals surface area contributed by atoms with E-state index >= 15 is 0 Å². The van der Waals surface area contributed by atoms with Crippen molar-refractivity contribution in [2.24, 2.45) is 0 Å². The van der Waals surface area contributed by atoms with Gasteiger partial charge in [0.15, 0.2) is 0 Å². The largest absolute Gasteiger partial charge is 0.324 e. The predicted octanol–water partition coefficient (Wildman–Crippen LogP) is 3.24. The van der Waals surface area contributed by atoms with E-state index in [9.17, 15) is 9.18 Å². The van der Waals surface area contributed by atoms with E-state index in [4.69, 9.17) is 11.6 Å². The van der Waals surface area contributed by atoms with Crippen molar-refractivity contribution in [3.05, 3.63) is 71.5 Å². The Hall–Kier alpha value is -2.73. The van der Waals surface area contributed by atoms with Crippen molar-refractivity contribution in [2.75, 3.05) is 5.32 Å². The molecular weight excluding hydrogens is 319 g/mol. The quantitative estimate of drug-likeness (QED) is 0.799. The van der Waals surface area contributed by atoms with E-state index in [1.54, 1.807) is 30.3 Å². The summed E-state index contributed by atoms with van der Waals surface area (Å²) in [4.78, 5) is 16.1. The van der Waals surface area contributed by atoms with Gasteiger partial charge in [-0.3, -0.25) is 4.79 Å². The smallest absolute Gasteiger partial charge is 0.228 e. The summed E-state index contributed by atoms with van der Waals surface area (Å²) in [6.45, 7) is 0. The molecule has 0 fully saturated rings. The van der Waals surface area contributed by atoms with Gasteiger partial charge in [-0.25, -0.2) is 14.1 Å². The van der Waals surface area contributed by atoms with E-state index in [0.717, 1.165) is 0 Å². The van der Waals surface area contributed by atoms with Crippen LogP contribution in [0.25, 0.3) is 5.69 Å². The maximum absolute atomic E-state index is 12.9. The first-order valence-corrected chi connectivity index (χ1v) is 7.18. The fourth-order valence-electron chi connectivity index (χ4n) is 2.12. The number of nitrogens with one attached hydrogen (secondary N) is 1. The molecule has 1 aromatic heterocycles. The molecule has 0 saturated heterocycles. The van der Waals surface area contributed by atoms with Crippen LogP contribution in [-0.2, 0) is 11.2 Å². The maximum atomic E-state index is 12.9. The van der Waals surface area contributed by atoms with Gasteiger partial charge in [-0.2, -0.15) is 5.10 Å². The minimum absolute atomic E-state index is 0.129. The highest BCUT2D eigenvalue weighted by Crippen LogP contribution is 2.24. The number of halogens is 2. The minimum Gasteiger partial charge on any atom is -0.324 e. The molecule has 0 aliphatic heterocycles. The lowest BCUT2D eigenvalue weighted by Gasteiger charge is -2.11. The Morgan fingerprint density at radius 2 is 2.00 bits per heavy atom. The summed E-state index contributed by atoms with van der Waals surface area (Å²) < 4.78 is 14.4. The number of hydrogen-bond acceptors (Lipinski definition) is 3. The molecule has 1 amide bonds. The predicted molar refractivity (Wildman–Crippen MR) is 85.1 cm³/mol. The number of carbonyl (C=O) groups is 1. The summed E-state index contributed by atoms with van der Waals surface area (Å²) in [7, 11) is 0. The number of benzene rings is 2. The molecule has 0 atom stereocenters. The van der Waals surface area contributed by atoms with Crippen LogP contribution < -0.4 is 5.32 Å². The van der Waals surface area contributed by atoms with Gasteiger partial charge in [0.2, 0.25) is 5.91 Å². The highest BCUT2D eigenvalue weighted by molar-refractivity contribution is 6.31. The van der Waals surface area contributed by atoms with E-state index < -0.39 is 0 Å². The molecule has 0 aliphatic rings. The molecule has 116 valence electrons. The van der Waals surface area contributed by atoms with Crippen LogP contribution >= 0.6 is 11.6 Å². The summed E-state index contributed by atoms with van der Waals surface area (Å²) in [5.41, 5.74) is 1.89. The lowest BCUT2D eigenvalue weighted by molar-refractivity contribution is -0.115. The number of carbonyl (C=O) groups excluding carboxylic acids is 1. The van der Waals surface area contributed by atoms with Crippen molar-refractivity contribution in [2.45, 2.75) is 6.42 Å². The van der Waals surface area contributed by atoms with Gasteiger partial charge >= 0.3 is 0 Å². The maximum Gasteiger partial charge on any atom is 0.228 e. The van der Waals surface area contributed by atoms with Crippen LogP contribution in [0, 0.1) is 5.82 Å². The SMILES string of the molecule is O=C(Cc1ccc(F)cc1)Nc1cc(Cl)ccc1-n1cncn1. The second kappa shape index (κ2) is 6.58. The molecule has 0 spiro atoms. The molecule has 5 nitrogen and oxygen atoms in total. The number of rotatable bonds is 4. The standard InChI is InChI=1S/C16H12ClFN4O/c17-12-3-6-15(22-10-19-9-20-22)14(8-12)21-16(23)7-11-1-4-13(18)5-2-11/h1-6,8-10H,7H2,(H,21,23). The van der Waals surface area contributed by atoms with Gasteiger partial charge in [0.05, 0.1) is 17.8 Å². The van der Waals surface area contributed by atoms with Gasteiger partial charge in [0.1, 0.15) is 18.5 Å². The summed E-state index contributed by atoms with van der Waals surface area (Å²) in [5.74, 6) is -0.572. The monoisotopic (exact) mass is 330 g/mol. The molecule has 1 N–H and O–H groups in total. The van der Waals surface area contributed by atoms with Crippen LogP contribution in [-0.4, -0.2) is 20.7 Å². The molecule has 3 aromatic rings. The van der Waals surface area contributed by atoms with Gasteiger partial charge in [-0.1, -0.05) is 23.7 Å². The molecule has 2 aromatic carbocycles. The van der Waals surface area contributed by atoms with Gasteiger partial charge in [0, 0.05) is 5.02 Å². The Labute approximate surface area is 136 Å². The molecule has 0 aliphatic carbocycles. The van der Waals surface area contributed by atoms with Crippen molar-refractivity contribution in [3.63, 3.8) is 0 Å². The van der Waals surface area contributed by atoms with Crippen molar-refractivity contribution in [3.8, 4) is 5.69 Å². The number of hydrogen-bond donors (Lipinski definition) is 1. The number of aromatic nitrogens is 3. The second-order valence-corrected chi connectivity index (χ2v) is 5.29. The van der Waals surface area contributed by atoms with Crippen molar-refractivity contribution in [1.82, 2.24) is 14.8 Å².